The Bertz CT molecular complexity index is 700. The van der Waals surface area contributed by atoms with Crippen LogP contribution in [0.15, 0.2) is 30.3 Å². The van der Waals surface area contributed by atoms with Crippen LogP contribution in [0.25, 0.3) is 0 Å². The highest BCUT2D eigenvalue weighted by Crippen LogP contribution is 2.43. The zero-order valence-corrected chi connectivity index (χ0v) is 19.8. The van der Waals surface area contributed by atoms with Crippen molar-refractivity contribution in [2.75, 3.05) is 0 Å². The molecule has 1 aromatic rings. The first kappa shape index (κ1) is 22.9. The zero-order valence-electron chi connectivity index (χ0n) is 18.8. The molecule has 0 radical (unpaired) electrons. The van der Waals surface area contributed by atoms with Gasteiger partial charge in [0.05, 0.1) is 11.5 Å². The number of aliphatic hydroxyl groups is 1. The molecular formula is C25H38O2Si. The van der Waals surface area contributed by atoms with Gasteiger partial charge >= 0.3 is 0 Å². The van der Waals surface area contributed by atoms with E-state index < -0.39 is 19.6 Å². The second-order valence-corrected chi connectivity index (χ2v) is 15.3. The Hall–Kier alpha value is -1.37. The standard InChI is InChI=1S/C25H38O2Si/c1-18(2)28(19(3)4,20(5)6)17-15-21-14-11-16-25(7,27)23(21)24(26)22-12-9-8-10-13-22/h8-10,12-13,18-21,23,27H,11,14,16H2,1-7H3/t21-,23+,25+/m0/s1. The van der Waals surface area contributed by atoms with Crippen molar-refractivity contribution < 1.29 is 9.90 Å². The monoisotopic (exact) mass is 398 g/mol. The second kappa shape index (κ2) is 8.97. The molecule has 0 aromatic heterocycles. The van der Waals surface area contributed by atoms with Crippen LogP contribution in [-0.4, -0.2) is 24.6 Å². The Balaban J connectivity index is 2.48. The van der Waals surface area contributed by atoms with Crippen LogP contribution in [0.2, 0.25) is 16.6 Å². The van der Waals surface area contributed by atoms with E-state index in [9.17, 15) is 9.90 Å². The number of hydrogen-bond donors (Lipinski definition) is 1. The number of benzene rings is 1. The molecule has 0 bridgehead atoms. The molecule has 0 heterocycles. The molecule has 0 amide bonds. The number of hydrogen-bond acceptors (Lipinski definition) is 2. The molecule has 3 atom stereocenters. The summed E-state index contributed by atoms with van der Waals surface area (Å²) in [7, 11) is -1.86. The van der Waals surface area contributed by atoms with Gasteiger partial charge in [-0.1, -0.05) is 71.9 Å². The Kier molecular flexibility index (Phi) is 7.34. The van der Waals surface area contributed by atoms with E-state index in [1.165, 1.54) is 0 Å². The van der Waals surface area contributed by atoms with E-state index in [4.69, 9.17) is 0 Å². The van der Waals surface area contributed by atoms with Crippen molar-refractivity contribution in [3.05, 3.63) is 35.9 Å². The van der Waals surface area contributed by atoms with Gasteiger partial charge in [-0.2, -0.15) is 0 Å². The van der Waals surface area contributed by atoms with Crippen LogP contribution in [0.1, 0.15) is 78.1 Å². The molecule has 1 aromatic carbocycles. The third kappa shape index (κ3) is 4.44. The van der Waals surface area contributed by atoms with Crippen molar-refractivity contribution in [2.45, 2.75) is 90.0 Å². The highest BCUT2D eigenvalue weighted by Gasteiger charge is 2.46. The van der Waals surface area contributed by atoms with Crippen LogP contribution in [0.4, 0.5) is 0 Å². The first-order chi connectivity index (χ1) is 13.0. The molecular weight excluding hydrogens is 360 g/mol. The fraction of sp³-hybridized carbons (Fsp3) is 0.640. The lowest BCUT2D eigenvalue weighted by molar-refractivity contribution is -0.0341. The van der Waals surface area contributed by atoms with Crippen LogP contribution < -0.4 is 0 Å². The van der Waals surface area contributed by atoms with Gasteiger partial charge in [-0.05, 0) is 42.8 Å². The molecule has 0 saturated heterocycles. The number of carbonyl (C=O) groups excluding carboxylic acids is 1. The van der Waals surface area contributed by atoms with Crippen molar-refractivity contribution in [2.24, 2.45) is 11.8 Å². The van der Waals surface area contributed by atoms with Gasteiger partial charge in [-0.25, -0.2) is 0 Å². The van der Waals surface area contributed by atoms with Crippen molar-refractivity contribution in [1.29, 1.82) is 0 Å². The van der Waals surface area contributed by atoms with Gasteiger partial charge in [0, 0.05) is 11.5 Å². The maximum atomic E-state index is 13.3. The van der Waals surface area contributed by atoms with E-state index in [1.807, 2.05) is 37.3 Å². The number of rotatable bonds is 5. The zero-order chi connectivity index (χ0) is 21.1. The summed E-state index contributed by atoms with van der Waals surface area (Å²) in [5.74, 6) is 3.11. The molecule has 0 unspecified atom stereocenters. The minimum absolute atomic E-state index is 0.0375. The van der Waals surface area contributed by atoms with Crippen molar-refractivity contribution in [3.8, 4) is 11.5 Å². The Morgan fingerprint density at radius 2 is 1.61 bits per heavy atom. The third-order valence-corrected chi connectivity index (χ3v) is 13.3. The SMILES string of the molecule is CC(C)[Si](C#C[C@@H]1CCC[C@@](C)(O)[C@H]1C(=O)c1ccccc1)(C(C)C)C(C)C. The third-order valence-electron chi connectivity index (χ3n) is 6.95. The number of Topliss-reactive ketones (excluding diaryl/α,β-unsaturated/α-hetero) is 1. The molecule has 1 saturated carbocycles. The van der Waals surface area contributed by atoms with Crippen LogP contribution >= 0.6 is 0 Å². The van der Waals surface area contributed by atoms with Crippen LogP contribution in [-0.2, 0) is 0 Å². The smallest absolute Gasteiger partial charge is 0.170 e. The number of ketones is 1. The molecule has 2 nitrogen and oxygen atoms in total. The normalized spacial score (nSPS) is 25.7. The maximum absolute atomic E-state index is 13.3. The summed E-state index contributed by atoms with van der Waals surface area (Å²) in [6, 6.07) is 9.40. The molecule has 2 rings (SSSR count). The van der Waals surface area contributed by atoms with E-state index in [0.29, 0.717) is 28.6 Å². The minimum Gasteiger partial charge on any atom is -0.389 e. The predicted octanol–water partition coefficient (Wildman–Crippen LogP) is 6.26. The van der Waals surface area contributed by atoms with E-state index in [2.05, 4.69) is 53.0 Å². The van der Waals surface area contributed by atoms with Crippen LogP contribution in [0.3, 0.4) is 0 Å². The summed E-state index contributed by atoms with van der Waals surface area (Å²) in [5.41, 5.74) is 5.17. The fourth-order valence-corrected chi connectivity index (χ4v) is 10.8. The van der Waals surface area contributed by atoms with E-state index in [-0.39, 0.29) is 11.7 Å². The van der Waals surface area contributed by atoms with E-state index in [0.717, 1.165) is 12.8 Å². The molecule has 1 aliphatic carbocycles. The van der Waals surface area contributed by atoms with E-state index in [1.54, 1.807) is 0 Å². The first-order valence-corrected chi connectivity index (χ1v) is 13.1. The van der Waals surface area contributed by atoms with Crippen LogP contribution in [0.5, 0.6) is 0 Å². The molecule has 3 heteroatoms. The van der Waals surface area contributed by atoms with Crippen LogP contribution in [0, 0.1) is 23.3 Å². The molecule has 28 heavy (non-hydrogen) atoms. The average Bonchev–Trinajstić information content (AvgIpc) is 2.61. The topological polar surface area (TPSA) is 37.3 Å². The van der Waals surface area contributed by atoms with Gasteiger partial charge in [0.2, 0.25) is 0 Å². The number of carbonyl (C=O) groups is 1. The fourth-order valence-electron chi connectivity index (χ4n) is 5.49. The highest BCUT2D eigenvalue weighted by molar-refractivity contribution is 6.90. The van der Waals surface area contributed by atoms with Crippen molar-refractivity contribution in [3.63, 3.8) is 0 Å². The summed E-state index contributed by atoms with van der Waals surface area (Å²) in [6.45, 7) is 15.7. The Morgan fingerprint density at radius 3 is 2.11 bits per heavy atom. The van der Waals surface area contributed by atoms with Gasteiger partial charge in [0.15, 0.2) is 5.78 Å². The summed E-state index contributed by atoms with van der Waals surface area (Å²) in [6.07, 6.45) is 2.48. The summed E-state index contributed by atoms with van der Waals surface area (Å²) < 4.78 is 0. The molecule has 0 aliphatic heterocycles. The lowest BCUT2D eigenvalue weighted by Gasteiger charge is -2.41. The van der Waals surface area contributed by atoms with E-state index >= 15 is 0 Å². The first-order valence-electron chi connectivity index (χ1n) is 10.9. The Labute approximate surface area is 173 Å². The molecule has 1 aliphatic rings. The Morgan fingerprint density at radius 1 is 1.07 bits per heavy atom. The molecule has 154 valence electrons. The summed E-state index contributed by atoms with van der Waals surface area (Å²) >= 11 is 0. The summed E-state index contributed by atoms with van der Waals surface area (Å²) in [5, 5.41) is 11.1. The van der Waals surface area contributed by atoms with Crippen molar-refractivity contribution in [1.82, 2.24) is 0 Å². The van der Waals surface area contributed by atoms with Gasteiger partial charge in [-0.15, -0.1) is 11.5 Å². The average molecular weight is 399 g/mol. The quantitative estimate of drug-likeness (QED) is 0.361. The lowest BCUT2D eigenvalue weighted by atomic mass is 9.67. The predicted molar refractivity (Wildman–Crippen MR) is 121 cm³/mol. The maximum Gasteiger partial charge on any atom is 0.170 e. The van der Waals surface area contributed by atoms with Crippen molar-refractivity contribution >= 4 is 13.9 Å². The highest BCUT2D eigenvalue weighted by atomic mass is 28.3. The second-order valence-electron chi connectivity index (χ2n) is 9.73. The largest absolute Gasteiger partial charge is 0.389 e. The molecule has 1 fully saturated rings. The van der Waals surface area contributed by atoms with Gasteiger partial charge < -0.3 is 5.11 Å². The molecule has 0 spiro atoms. The lowest BCUT2D eigenvalue weighted by Crippen LogP contribution is -2.47. The van der Waals surface area contributed by atoms with Gasteiger partial charge in [0.25, 0.3) is 0 Å². The van der Waals surface area contributed by atoms with Gasteiger partial charge in [-0.3, -0.25) is 4.79 Å². The van der Waals surface area contributed by atoms with Gasteiger partial charge in [0.1, 0.15) is 8.07 Å². The molecule has 1 N–H and O–H groups in total. The minimum atomic E-state index is -1.86. The summed E-state index contributed by atoms with van der Waals surface area (Å²) in [4.78, 5) is 13.3.